The van der Waals surface area contributed by atoms with E-state index >= 15 is 0 Å². The number of aromatic nitrogens is 1. The molecule has 5 nitrogen and oxygen atoms in total. The van der Waals surface area contributed by atoms with E-state index in [0.717, 1.165) is 37.9 Å². The molecule has 1 aliphatic carbocycles. The number of hydrogen-bond donors (Lipinski definition) is 4. The molecule has 0 aliphatic heterocycles. The molecule has 4 rings (SSSR count). The van der Waals surface area contributed by atoms with Crippen LogP contribution < -0.4 is 10.8 Å². The number of hydrogen-bond acceptors (Lipinski definition) is 3. The average molecular weight is 387 g/mol. The van der Waals surface area contributed by atoms with Gasteiger partial charge in [0.25, 0.3) is 5.91 Å². The summed E-state index contributed by atoms with van der Waals surface area (Å²) in [6, 6.07) is 14.6. The molecular weight excluding hydrogens is 362 g/mol. The molecule has 148 valence electrons. The average Bonchev–Trinajstić information content (AvgIpc) is 3.15. The third kappa shape index (κ3) is 4.47. The predicted molar refractivity (Wildman–Crippen MR) is 116 cm³/mol. The number of amides is 1. The van der Waals surface area contributed by atoms with E-state index in [1.54, 1.807) is 11.6 Å². The quantitative estimate of drug-likeness (QED) is 0.214. The zero-order chi connectivity index (χ0) is 20.1. The number of carbonyl (C=O) groups excluding carboxylic acids is 1. The number of para-hydroxylation sites is 1. The van der Waals surface area contributed by atoms with Crippen molar-refractivity contribution in [2.24, 2.45) is 0 Å². The number of allylic oxidation sites excluding steroid dienone is 1. The van der Waals surface area contributed by atoms with E-state index in [9.17, 15) is 4.79 Å². The predicted octanol–water partition coefficient (Wildman–Crippen LogP) is 3.98. The summed E-state index contributed by atoms with van der Waals surface area (Å²) >= 11 is 0. The fourth-order valence-corrected chi connectivity index (χ4v) is 3.81. The minimum Gasteiger partial charge on any atom is -0.355 e. The highest BCUT2D eigenvalue weighted by Gasteiger charge is 2.13. The van der Waals surface area contributed by atoms with Crippen LogP contribution in [0.15, 0.2) is 54.6 Å². The number of aryl methyl sites for hydroxylation is 1. The minimum atomic E-state index is -0.537. The van der Waals surface area contributed by atoms with Gasteiger partial charge in [-0.2, -0.15) is 0 Å². The summed E-state index contributed by atoms with van der Waals surface area (Å²) in [6.45, 7) is 1.69. The standard InChI is InChI=1S/C24H25N3O2/c28-23(27-29)13-12-17-8-10-18(11-9-17)16-25-15-14-19-4-3-6-21-20-5-1-2-7-22(20)26-24(19)21/h2-4,6-13,25-26,29H,1,5,14-16H2,(H,27,28)/b13-12+. The van der Waals surface area contributed by atoms with Gasteiger partial charge in [-0.15, -0.1) is 0 Å². The summed E-state index contributed by atoms with van der Waals surface area (Å²) in [7, 11) is 0. The van der Waals surface area contributed by atoms with Crippen molar-refractivity contribution in [1.82, 2.24) is 15.8 Å². The van der Waals surface area contributed by atoms with E-state index in [0.29, 0.717) is 0 Å². The summed E-state index contributed by atoms with van der Waals surface area (Å²) in [5, 5.41) is 13.4. The Balaban J connectivity index is 1.33. The van der Waals surface area contributed by atoms with Crippen LogP contribution in [0.2, 0.25) is 0 Å². The molecule has 0 spiro atoms. The molecule has 0 saturated carbocycles. The first-order chi connectivity index (χ1) is 14.2. The maximum atomic E-state index is 11.0. The van der Waals surface area contributed by atoms with Crippen LogP contribution >= 0.6 is 0 Å². The van der Waals surface area contributed by atoms with Crippen LogP contribution in [0.5, 0.6) is 0 Å². The van der Waals surface area contributed by atoms with Crippen molar-refractivity contribution in [1.29, 1.82) is 0 Å². The van der Waals surface area contributed by atoms with Crippen molar-refractivity contribution >= 4 is 29.0 Å². The first kappa shape index (κ1) is 19.2. The molecule has 0 unspecified atom stereocenters. The first-order valence-corrected chi connectivity index (χ1v) is 9.95. The normalized spacial score (nSPS) is 13.1. The zero-order valence-corrected chi connectivity index (χ0v) is 16.2. The van der Waals surface area contributed by atoms with Gasteiger partial charge in [0.15, 0.2) is 0 Å². The van der Waals surface area contributed by atoms with Crippen LogP contribution in [0.1, 0.15) is 34.4 Å². The van der Waals surface area contributed by atoms with E-state index < -0.39 is 5.91 Å². The lowest BCUT2D eigenvalue weighted by molar-refractivity contribution is -0.124. The number of fused-ring (bicyclic) bond motifs is 3. The van der Waals surface area contributed by atoms with E-state index in [4.69, 9.17) is 5.21 Å². The van der Waals surface area contributed by atoms with Crippen molar-refractivity contribution in [2.45, 2.75) is 25.8 Å². The Morgan fingerprint density at radius 1 is 1.17 bits per heavy atom. The van der Waals surface area contributed by atoms with Gasteiger partial charge in [-0.25, -0.2) is 5.48 Å². The highest BCUT2D eigenvalue weighted by Crippen LogP contribution is 2.29. The Bertz CT molecular complexity index is 1060. The smallest absolute Gasteiger partial charge is 0.267 e. The molecule has 1 aromatic heterocycles. The molecule has 0 fully saturated rings. The van der Waals surface area contributed by atoms with Gasteiger partial charge in [-0.3, -0.25) is 10.0 Å². The highest BCUT2D eigenvalue weighted by molar-refractivity contribution is 5.91. The largest absolute Gasteiger partial charge is 0.355 e. The summed E-state index contributed by atoms with van der Waals surface area (Å²) in [5.41, 5.74) is 9.00. The van der Waals surface area contributed by atoms with Gasteiger partial charge in [0, 0.05) is 29.2 Å². The van der Waals surface area contributed by atoms with Crippen molar-refractivity contribution in [2.75, 3.05) is 6.54 Å². The molecule has 3 aromatic rings. The molecule has 0 radical (unpaired) electrons. The molecule has 0 bridgehead atoms. The lowest BCUT2D eigenvalue weighted by Crippen LogP contribution is -2.16. The number of aromatic amines is 1. The minimum absolute atomic E-state index is 0.537. The lowest BCUT2D eigenvalue weighted by atomic mass is 9.99. The van der Waals surface area contributed by atoms with E-state index in [-0.39, 0.29) is 0 Å². The second kappa shape index (κ2) is 8.90. The van der Waals surface area contributed by atoms with E-state index in [1.165, 1.54) is 39.4 Å². The van der Waals surface area contributed by atoms with Gasteiger partial charge in [0.2, 0.25) is 0 Å². The Labute approximate surface area is 170 Å². The van der Waals surface area contributed by atoms with Crippen LogP contribution in [0.25, 0.3) is 23.1 Å². The maximum absolute atomic E-state index is 11.0. The Hall–Kier alpha value is -3.15. The summed E-state index contributed by atoms with van der Waals surface area (Å²) in [5.74, 6) is -0.537. The fraction of sp³-hybridized carbons (Fsp3) is 0.208. The highest BCUT2D eigenvalue weighted by atomic mass is 16.5. The van der Waals surface area contributed by atoms with E-state index in [1.807, 2.05) is 24.3 Å². The molecule has 2 aromatic carbocycles. The van der Waals surface area contributed by atoms with Gasteiger partial charge in [0.05, 0.1) is 0 Å². The van der Waals surface area contributed by atoms with Crippen molar-refractivity contribution in [3.8, 4) is 0 Å². The number of hydroxylamine groups is 1. The second-order valence-corrected chi connectivity index (χ2v) is 7.28. The fourth-order valence-electron chi connectivity index (χ4n) is 3.81. The third-order valence-corrected chi connectivity index (χ3v) is 5.32. The van der Waals surface area contributed by atoms with Crippen molar-refractivity contribution < 1.29 is 10.0 Å². The van der Waals surface area contributed by atoms with Gasteiger partial charge in [-0.05, 0) is 60.2 Å². The summed E-state index contributed by atoms with van der Waals surface area (Å²) < 4.78 is 0. The van der Waals surface area contributed by atoms with Gasteiger partial charge >= 0.3 is 0 Å². The van der Waals surface area contributed by atoms with Crippen LogP contribution in [0.4, 0.5) is 0 Å². The SMILES string of the molecule is O=C(/C=C/c1ccc(CNCCc2cccc3c4c([nH]c23)C=CCC4)cc1)NO. The maximum Gasteiger partial charge on any atom is 0.267 e. The lowest BCUT2D eigenvalue weighted by Gasteiger charge is -2.07. The van der Waals surface area contributed by atoms with Crippen molar-refractivity contribution in [3.63, 3.8) is 0 Å². The molecule has 0 saturated heterocycles. The molecule has 1 amide bonds. The Morgan fingerprint density at radius 3 is 2.86 bits per heavy atom. The number of nitrogens with one attached hydrogen (secondary N) is 3. The molecule has 1 aliphatic rings. The van der Waals surface area contributed by atoms with Crippen LogP contribution in [-0.4, -0.2) is 22.6 Å². The van der Waals surface area contributed by atoms with Gasteiger partial charge < -0.3 is 10.3 Å². The molecule has 0 atom stereocenters. The molecule has 5 heteroatoms. The number of benzene rings is 2. The van der Waals surface area contributed by atoms with Crippen LogP contribution in [-0.2, 0) is 24.2 Å². The summed E-state index contributed by atoms with van der Waals surface area (Å²) in [6.07, 6.45) is 10.6. The van der Waals surface area contributed by atoms with Gasteiger partial charge in [-0.1, -0.05) is 48.5 Å². The first-order valence-electron chi connectivity index (χ1n) is 9.95. The van der Waals surface area contributed by atoms with Gasteiger partial charge in [0.1, 0.15) is 0 Å². The van der Waals surface area contributed by atoms with Crippen LogP contribution in [0, 0.1) is 0 Å². The number of H-pyrrole nitrogens is 1. The molecule has 1 heterocycles. The summed E-state index contributed by atoms with van der Waals surface area (Å²) in [4.78, 5) is 14.6. The Morgan fingerprint density at radius 2 is 2.03 bits per heavy atom. The Kier molecular flexibility index (Phi) is 5.89. The number of rotatable bonds is 7. The third-order valence-electron chi connectivity index (χ3n) is 5.32. The number of carbonyl (C=O) groups is 1. The second-order valence-electron chi connectivity index (χ2n) is 7.28. The molecule has 4 N–H and O–H groups in total. The van der Waals surface area contributed by atoms with Crippen molar-refractivity contribution in [3.05, 3.63) is 82.6 Å². The monoisotopic (exact) mass is 387 g/mol. The van der Waals surface area contributed by atoms with E-state index in [2.05, 4.69) is 40.7 Å². The topological polar surface area (TPSA) is 77.2 Å². The van der Waals surface area contributed by atoms with Crippen LogP contribution in [0.3, 0.4) is 0 Å². The zero-order valence-electron chi connectivity index (χ0n) is 16.2. The molecular formula is C24H25N3O2. The molecule has 29 heavy (non-hydrogen) atoms.